The van der Waals surface area contributed by atoms with Gasteiger partial charge in [-0.1, -0.05) is 0 Å². The zero-order valence-electron chi connectivity index (χ0n) is 14.2. The highest BCUT2D eigenvalue weighted by Crippen LogP contribution is 2.36. The molecule has 0 amide bonds. The van der Waals surface area contributed by atoms with Crippen LogP contribution in [0.3, 0.4) is 0 Å². The first-order valence-electron chi connectivity index (χ1n) is 7.69. The van der Waals surface area contributed by atoms with E-state index in [-0.39, 0.29) is 5.82 Å². The molecule has 7 heteroatoms. The molecule has 0 aromatic carbocycles. The molecule has 0 spiro atoms. The molecule has 3 rings (SSSR count). The average molecular weight is 321 g/mol. The number of pyridine rings is 1. The van der Waals surface area contributed by atoms with Crippen molar-refractivity contribution < 1.29 is 0 Å². The highest BCUT2D eigenvalue weighted by molar-refractivity contribution is 5.84. The molecule has 0 bridgehead atoms. The third-order valence-electron chi connectivity index (χ3n) is 4.23. The van der Waals surface area contributed by atoms with Crippen LogP contribution < -0.4 is 5.73 Å². The molecular formula is C17H19N7. The molecule has 0 aliphatic carbocycles. The molecule has 0 aliphatic heterocycles. The summed E-state index contributed by atoms with van der Waals surface area (Å²) in [5, 5.41) is 18.2. The third-order valence-corrected chi connectivity index (χ3v) is 4.23. The van der Waals surface area contributed by atoms with Crippen LogP contribution in [-0.4, -0.2) is 24.5 Å². The number of aryl methyl sites for hydroxylation is 2. The number of hydrogen-bond donors (Lipinski definition) is 1. The number of aromatic nitrogens is 5. The zero-order chi connectivity index (χ0) is 17.4. The Hall–Kier alpha value is -3.14. The van der Waals surface area contributed by atoms with Gasteiger partial charge in [-0.2, -0.15) is 15.5 Å². The van der Waals surface area contributed by atoms with Crippen molar-refractivity contribution >= 4 is 5.82 Å². The summed E-state index contributed by atoms with van der Waals surface area (Å²) in [7, 11) is 1.85. The van der Waals surface area contributed by atoms with Gasteiger partial charge in [0.25, 0.3) is 0 Å². The van der Waals surface area contributed by atoms with E-state index >= 15 is 0 Å². The summed E-state index contributed by atoms with van der Waals surface area (Å²) in [5.74, 6) is 0.223. The van der Waals surface area contributed by atoms with Gasteiger partial charge in [0.15, 0.2) is 0 Å². The second kappa shape index (κ2) is 5.81. The van der Waals surface area contributed by atoms with Crippen molar-refractivity contribution in [3.63, 3.8) is 0 Å². The first kappa shape index (κ1) is 15.7. The van der Waals surface area contributed by atoms with E-state index in [0.29, 0.717) is 5.56 Å². The Kier molecular flexibility index (Phi) is 3.81. The van der Waals surface area contributed by atoms with E-state index in [4.69, 9.17) is 5.73 Å². The number of nitrogens with zero attached hydrogens (tertiary/aromatic N) is 6. The van der Waals surface area contributed by atoms with Crippen molar-refractivity contribution in [1.29, 1.82) is 5.26 Å². The lowest BCUT2D eigenvalue weighted by Crippen LogP contribution is -2.04. The van der Waals surface area contributed by atoms with E-state index in [9.17, 15) is 5.26 Å². The van der Waals surface area contributed by atoms with Crippen molar-refractivity contribution in [3.05, 3.63) is 35.4 Å². The molecule has 7 nitrogen and oxygen atoms in total. The predicted octanol–water partition coefficient (Wildman–Crippen LogP) is 2.44. The van der Waals surface area contributed by atoms with Gasteiger partial charge >= 0.3 is 0 Å². The third kappa shape index (κ3) is 2.33. The Bertz CT molecular complexity index is 956. The highest BCUT2D eigenvalue weighted by Gasteiger charge is 2.21. The Morgan fingerprint density at radius 2 is 2.00 bits per heavy atom. The molecule has 0 fully saturated rings. The quantitative estimate of drug-likeness (QED) is 0.799. The molecule has 3 aromatic heterocycles. The molecule has 0 radical (unpaired) electrons. The first-order chi connectivity index (χ1) is 11.5. The van der Waals surface area contributed by atoms with Crippen molar-refractivity contribution in [3.8, 4) is 28.5 Å². The lowest BCUT2D eigenvalue weighted by atomic mass is 9.94. The van der Waals surface area contributed by atoms with Crippen molar-refractivity contribution in [2.24, 2.45) is 7.05 Å². The molecule has 0 saturated heterocycles. The number of nitrogens with two attached hydrogens (primary N) is 1. The highest BCUT2D eigenvalue weighted by atomic mass is 15.3. The molecule has 24 heavy (non-hydrogen) atoms. The van der Waals surface area contributed by atoms with Gasteiger partial charge < -0.3 is 5.73 Å². The van der Waals surface area contributed by atoms with Crippen LogP contribution in [0.5, 0.6) is 0 Å². The van der Waals surface area contributed by atoms with Crippen LogP contribution in [0.15, 0.2) is 18.6 Å². The van der Waals surface area contributed by atoms with Gasteiger partial charge in [-0.05, 0) is 26.3 Å². The minimum atomic E-state index is 0.223. The second-order valence-electron chi connectivity index (χ2n) is 5.69. The standard InChI is InChI=1S/C17H19N7/c1-5-24-11(3)14(8-21-24)15-10(2)16(12-7-20-23(4)9-12)22-17(19)13(15)6-18/h7-9H,5H2,1-4H3,(H2,19,22). The molecule has 3 aromatic rings. The minimum Gasteiger partial charge on any atom is -0.383 e. The fraction of sp³-hybridized carbons (Fsp3) is 0.294. The van der Waals surface area contributed by atoms with E-state index in [2.05, 4.69) is 21.3 Å². The Balaban J connectivity index is 2.33. The van der Waals surface area contributed by atoms with Crippen molar-refractivity contribution in [1.82, 2.24) is 24.5 Å². The Morgan fingerprint density at radius 3 is 2.54 bits per heavy atom. The van der Waals surface area contributed by atoms with Gasteiger partial charge in [0.2, 0.25) is 0 Å². The lowest BCUT2D eigenvalue weighted by Gasteiger charge is -2.14. The van der Waals surface area contributed by atoms with Crippen molar-refractivity contribution in [2.45, 2.75) is 27.3 Å². The average Bonchev–Trinajstić information content (AvgIpc) is 3.14. The van der Waals surface area contributed by atoms with E-state index in [0.717, 1.165) is 40.2 Å². The summed E-state index contributed by atoms with van der Waals surface area (Å²) >= 11 is 0. The summed E-state index contributed by atoms with van der Waals surface area (Å²) in [5.41, 5.74) is 11.7. The fourth-order valence-electron chi connectivity index (χ4n) is 2.98. The van der Waals surface area contributed by atoms with Crippen molar-refractivity contribution in [2.75, 3.05) is 5.73 Å². The van der Waals surface area contributed by atoms with Gasteiger partial charge in [0.1, 0.15) is 17.5 Å². The Labute approximate surface area is 140 Å². The van der Waals surface area contributed by atoms with E-state index < -0.39 is 0 Å². The van der Waals surface area contributed by atoms with Crippen LogP contribution in [-0.2, 0) is 13.6 Å². The molecule has 3 heterocycles. The Morgan fingerprint density at radius 1 is 1.25 bits per heavy atom. The lowest BCUT2D eigenvalue weighted by molar-refractivity contribution is 0.640. The summed E-state index contributed by atoms with van der Waals surface area (Å²) in [6.45, 7) is 6.74. The largest absolute Gasteiger partial charge is 0.383 e. The van der Waals surface area contributed by atoms with Crippen LogP contribution in [0.1, 0.15) is 23.7 Å². The predicted molar refractivity (Wildman–Crippen MR) is 91.9 cm³/mol. The SMILES string of the molecule is CCn1ncc(-c2c(C)c(-c3cnn(C)c3)nc(N)c2C#N)c1C. The molecule has 2 N–H and O–H groups in total. The van der Waals surface area contributed by atoms with E-state index in [1.54, 1.807) is 17.1 Å². The van der Waals surface area contributed by atoms with Gasteiger partial charge in [-0.15, -0.1) is 0 Å². The maximum atomic E-state index is 9.59. The maximum Gasteiger partial charge on any atom is 0.142 e. The number of hydrogen-bond acceptors (Lipinski definition) is 5. The first-order valence-corrected chi connectivity index (χ1v) is 7.69. The monoisotopic (exact) mass is 321 g/mol. The normalized spacial score (nSPS) is 10.8. The summed E-state index contributed by atoms with van der Waals surface area (Å²) in [4.78, 5) is 4.44. The van der Waals surface area contributed by atoms with Gasteiger partial charge in [-0.3, -0.25) is 9.36 Å². The molecule has 122 valence electrons. The van der Waals surface area contributed by atoms with Crippen LogP contribution in [0, 0.1) is 25.2 Å². The number of rotatable bonds is 3. The summed E-state index contributed by atoms with van der Waals surface area (Å²) in [6, 6.07) is 2.20. The number of nitrogen functional groups attached to an aromatic ring is 1. The summed E-state index contributed by atoms with van der Waals surface area (Å²) < 4.78 is 3.61. The van der Waals surface area contributed by atoms with Gasteiger partial charge in [0, 0.05) is 42.2 Å². The smallest absolute Gasteiger partial charge is 0.142 e. The number of anilines is 1. The topological polar surface area (TPSA) is 98.3 Å². The van der Waals surface area contributed by atoms with E-state index in [1.165, 1.54) is 0 Å². The molecular weight excluding hydrogens is 302 g/mol. The second-order valence-corrected chi connectivity index (χ2v) is 5.69. The van der Waals surface area contributed by atoms with Crippen LogP contribution in [0.4, 0.5) is 5.82 Å². The number of nitriles is 1. The molecule has 0 saturated carbocycles. The molecule has 0 atom stereocenters. The zero-order valence-corrected chi connectivity index (χ0v) is 14.2. The van der Waals surface area contributed by atoms with Crippen LogP contribution in [0.25, 0.3) is 22.4 Å². The van der Waals surface area contributed by atoms with Gasteiger partial charge in [-0.25, -0.2) is 4.98 Å². The fourth-order valence-corrected chi connectivity index (χ4v) is 2.98. The van der Waals surface area contributed by atoms with Crippen LogP contribution in [0.2, 0.25) is 0 Å². The van der Waals surface area contributed by atoms with Gasteiger partial charge in [0.05, 0.1) is 18.1 Å². The maximum absolute atomic E-state index is 9.59. The summed E-state index contributed by atoms with van der Waals surface area (Å²) in [6.07, 6.45) is 5.41. The van der Waals surface area contributed by atoms with Crippen LogP contribution >= 0.6 is 0 Å². The molecule has 0 aliphatic rings. The minimum absolute atomic E-state index is 0.223. The molecule has 0 unspecified atom stereocenters. The van der Waals surface area contributed by atoms with E-state index in [1.807, 2.05) is 38.7 Å².